The average molecular weight is 353 g/mol. The summed E-state index contributed by atoms with van der Waals surface area (Å²) in [5.41, 5.74) is 7.01. The number of nitrogens with zero attached hydrogens (tertiary/aromatic N) is 5. The van der Waals surface area contributed by atoms with Gasteiger partial charge in [0, 0.05) is 50.3 Å². The van der Waals surface area contributed by atoms with E-state index in [0.717, 1.165) is 37.2 Å². The number of hydrogen-bond acceptors (Lipinski definition) is 3. The molecule has 0 bridgehead atoms. The van der Waals surface area contributed by atoms with Gasteiger partial charge >= 0.3 is 0 Å². The standard InChI is InChI=1S/C22H19N5/c1-2-18(3-1)25-10-8-22-24-19-14-16(4-6-20(19)27(22)13-12-25)17-5-7-21-23-9-11-26(21)15-17/h1-7,9,11,14-15H,8,10,12-13H2. The SMILES string of the molecule is C1=CC(N2CCc3nc4cc(-c5ccc6nccn6c5)ccc4n3CC2)=C1. The lowest BCUT2D eigenvalue weighted by Crippen LogP contribution is -2.26. The summed E-state index contributed by atoms with van der Waals surface area (Å²) in [6.45, 7) is 3.05. The summed E-state index contributed by atoms with van der Waals surface area (Å²) in [6.07, 6.45) is 13.4. The number of pyridine rings is 1. The van der Waals surface area contributed by atoms with Gasteiger partial charge < -0.3 is 13.9 Å². The molecular weight excluding hydrogens is 334 g/mol. The van der Waals surface area contributed by atoms with E-state index in [1.807, 2.05) is 12.4 Å². The molecular formula is C22H19N5. The minimum atomic E-state index is 0.967. The number of hydrogen-bond donors (Lipinski definition) is 0. The third-order valence-electron chi connectivity index (χ3n) is 5.65. The Labute approximate surface area is 156 Å². The van der Waals surface area contributed by atoms with Gasteiger partial charge in [0.05, 0.1) is 11.0 Å². The largest absolute Gasteiger partial charge is 0.369 e. The van der Waals surface area contributed by atoms with Crippen LogP contribution in [-0.2, 0) is 13.0 Å². The average Bonchev–Trinajstić information content (AvgIpc) is 3.20. The fourth-order valence-electron chi connectivity index (χ4n) is 4.11. The Morgan fingerprint density at radius 3 is 2.78 bits per heavy atom. The molecule has 27 heavy (non-hydrogen) atoms. The van der Waals surface area contributed by atoms with Crippen LogP contribution in [0.2, 0.25) is 0 Å². The molecule has 1 aliphatic carbocycles. The van der Waals surface area contributed by atoms with Gasteiger partial charge in [0.1, 0.15) is 11.5 Å². The smallest absolute Gasteiger partial charge is 0.136 e. The zero-order chi connectivity index (χ0) is 17.8. The van der Waals surface area contributed by atoms with E-state index in [-0.39, 0.29) is 0 Å². The van der Waals surface area contributed by atoms with E-state index in [9.17, 15) is 0 Å². The van der Waals surface area contributed by atoms with Crippen LogP contribution in [0.5, 0.6) is 0 Å². The second kappa shape index (κ2) is 5.58. The Bertz CT molecular complexity index is 1240. The molecule has 0 N–H and O–H groups in total. The summed E-state index contributed by atoms with van der Waals surface area (Å²) >= 11 is 0. The van der Waals surface area contributed by atoms with Gasteiger partial charge in [0.25, 0.3) is 0 Å². The molecule has 1 aromatic carbocycles. The normalized spacial score (nSPS) is 16.3. The summed E-state index contributed by atoms with van der Waals surface area (Å²) in [7, 11) is 0. The molecule has 0 spiro atoms. The molecule has 0 atom stereocenters. The van der Waals surface area contributed by atoms with Crippen LogP contribution in [0.4, 0.5) is 0 Å². The first kappa shape index (κ1) is 14.8. The van der Waals surface area contributed by atoms with Gasteiger partial charge in [-0.15, -0.1) is 0 Å². The minimum absolute atomic E-state index is 0.967. The third kappa shape index (κ3) is 2.31. The predicted octanol–water partition coefficient (Wildman–Crippen LogP) is 3.66. The number of benzene rings is 1. The molecule has 0 unspecified atom stereocenters. The molecule has 0 fully saturated rings. The van der Waals surface area contributed by atoms with Crippen molar-refractivity contribution in [3.8, 4) is 11.1 Å². The molecule has 2 aliphatic rings. The summed E-state index contributed by atoms with van der Waals surface area (Å²) < 4.78 is 4.45. The van der Waals surface area contributed by atoms with Gasteiger partial charge in [-0.25, -0.2) is 9.97 Å². The lowest BCUT2D eigenvalue weighted by molar-refractivity contribution is 0.359. The van der Waals surface area contributed by atoms with E-state index in [1.165, 1.54) is 28.2 Å². The van der Waals surface area contributed by atoms with Crippen LogP contribution in [0.1, 0.15) is 5.82 Å². The summed E-state index contributed by atoms with van der Waals surface area (Å²) in [5, 5.41) is 0. The lowest BCUT2D eigenvalue weighted by Gasteiger charge is -2.25. The van der Waals surface area contributed by atoms with Gasteiger partial charge in [-0.05, 0) is 47.5 Å². The van der Waals surface area contributed by atoms with Crippen molar-refractivity contribution in [3.63, 3.8) is 0 Å². The molecule has 0 saturated carbocycles. The third-order valence-corrected chi connectivity index (χ3v) is 5.65. The first-order valence-electron chi connectivity index (χ1n) is 9.41. The highest BCUT2D eigenvalue weighted by Crippen LogP contribution is 2.27. The van der Waals surface area contributed by atoms with E-state index < -0.39 is 0 Å². The first-order chi connectivity index (χ1) is 13.3. The lowest BCUT2D eigenvalue weighted by atomic mass is 10.1. The monoisotopic (exact) mass is 353 g/mol. The van der Waals surface area contributed by atoms with Crippen LogP contribution in [0.3, 0.4) is 0 Å². The number of allylic oxidation sites excluding steroid dienone is 3. The second-order valence-electron chi connectivity index (χ2n) is 7.18. The number of imidazole rings is 2. The van der Waals surface area contributed by atoms with E-state index in [2.05, 4.69) is 73.6 Å². The molecule has 5 heteroatoms. The molecule has 6 rings (SSSR count). The first-order valence-corrected chi connectivity index (χ1v) is 9.41. The van der Waals surface area contributed by atoms with Crippen molar-refractivity contribution in [1.82, 2.24) is 23.8 Å². The van der Waals surface area contributed by atoms with Gasteiger partial charge in [-0.2, -0.15) is 0 Å². The van der Waals surface area contributed by atoms with E-state index >= 15 is 0 Å². The summed E-state index contributed by atoms with van der Waals surface area (Å²) in [5.74, 6) is 1.19. The van der Waals surface area contributed by atoms with Crippen LogP contribution in [0.15, 0.2) is 72.8 Å². The van der Waals surface area contributed by atoms with Crippen LogP contribution < -0.4 is 0 Å². The van der Waals surface area contributed by atoms with Crippen molar-refractivity contribution in [3.05, 3.63) is 78.7 Å². The quantitative estimate of drug-likeness (QED) is 0.552. The number of fused-ring (bicyclic) bond motifs is 4. The molecule has 1 aliphatic heterocycles. The van der Waals surface area contributed by atoms with E-state index in [1.54, 1.807) is 0 Å². The molecule has 132 valence electrons. The summed E-state index contributed by atoms with van der Waals surface area (Å²) in [4.78, 5) is 11.7. The van der Waals surface area contributed by atoms with E-state index in [4.69, 9.17) is 4.98 Å². The Morgan fingerprint density at radius 1 is 0.963 bits per heavy atom. The van der Waals surface area contributed by atoms with Crippen molar-refractivity contribution >= 4 is 16.7 Å². The van der Waals surface area contributed by atoms with E-state index in [0.29, 0.717) is 0 Å². The number of aromatic nitrogens is 4. The summed E-state index contributed by atoms with van der Waals surface area (Å²) in [6, 6.07) is 10.8. The maximum atomic E-state index is 4.97. The maximum absolute atomic E-state index is 4.97. The van der Waals surface area contributed by atoms with Crippen LogP contribution in [0.25, 0.3) is 27.8 Å². The second-order valence-corrected chi connectivity index (χ2v) is 7.18. The predicted molar refractivity (Wildman–Crippen MR) is 106 cm³/mol. The highest BCUT2D eigenvalue weighted by Gasteiger charge is 2.19. The topological polar surface area (TPSA) is 38.4 Å². The van der Waals surface area contributed by atoms with Crippen LogP contribution >= 0.6 is 0 Å². The molecule has 4 aromatic rings. The fourth-order valence-corrected chi connectivity index (χ4v) is 4.11. The van der Waals surface area contributed by atoms with Crippen LogP contribution in [-0.4, -0.2) is 36.9 Å². The van der Waals surface area contributed by atoms with Crippen molar-refractivity contribution in [2.75, 3.05) is 13.1 Å². The van der Waals surface area contributed by atoms with Gasteiger partial charge in [0.15, 0.2) is 0 Å². The fraction of sp³-hybridized carbons (Fsp3) is 0.182. The van der Waals surface area contributed by atoms with Gasteiger partial charge in [-0.3, -0.25) is 0 Å². The Balaban J connectivity index is 1.37. The Hall–Kier alpha value is -3.34. The van der Waals surface area contributed by atoms with Crippen molar-refractivity contribution in [2.45, 2.75) is 13.0 Å². The van der Waals surface area contributed by atoms with Crippen LogP contribution in [0, 0.1) is 0 Å². The zero-order valence-corrected chi connectivity index (χ0v) is 14.9. The molecule has 0 radical (unpaired) electrons. The molecule has 0 saturated heterocycles. The van der Waals surface area contributed by atoms with Crippen molar-refractivity contribution in [1.29, 1.82) is 0 Å². The zero-order valence-electron chi connectivity index (χ0n) is 14.9. The highest BCUT2D eigenvalue weighted by molar-refractivity contribution is 5.82. The van der Waals surface area contributed by atoms with Gasteiger partial charge in [-0.1, -0.05) is 12.1 Å². The molecule has 0 amide bonds. The van der Waals surface area contributed by atoms with Crippen molar-refractivity contribution in [2.24, 2.45) is 0 Å². The maximum Gasteiger partial charge on any atom is 0.136 e. The van der Waals surface area contributed by atoms with Gasteiger partial charge in [0.2, 0.25) is 0 Å². The number of rotatable bonds is 2. The Morgan fingerprint density at radius 2 is 1.89 bits per heavy atom. The molecule has 5 nitrogen and oxygen atoms in total. The molecule has 3 aromatic heterocycles. The highest BCUT2D eigenvalue weighted by atomic mass is 15.2. The molecule has 4 heterocycles. The minimum Gasteiger partial charge on any atom is -0.369 e. The van der Waals surface area contributed by atoms with Crippen molar-refractivity contribution < 1.29 is 0 Å². The Kier molecular flexibility index (Phi) is 3.06.